The van der Waals surface area contributed by atoms with Crippen LogP contribution in [0.2, 0.25) is 5.15 Å². The highest BCUT2D eigenvalue weighted by molar-refractivity contribution is 6.29. The van der Waals surface area contributed by atoms with Crippen molar-refractivity contribution in [2.45, 2.75) is 44.6 Å². The number of aryl methyl sites for hydroxylation is 1. The molecule has 0 spiro atoms. The van der Waals surface area contributed by atoms with Crippen molar-refractivity contribution >= 4 is 23.1 Å². The molecule has 29 heavy (non-hydrogen) atoms. The molecule has 3 aliphatic rings. The predicted molar refractivity (Wildman–Crippen MR) is 109 cm³/mol. The molecule has 2 atom stereocenters. The van der Waals surface area contributed by atoms with Crippen LogP contribution in [0, 0.1) is 6.92 Å². The Bertz CT molecular complexity index is 923. The summed E-state index contributed by atoms with van der Waals surface area (Å²) < 4.78 is 17.5. The molecule has 0 radical (unpaired) electrons. The van der Waals surface area contributed by atoms with Gasteiger partial charge in [0.15, 0.2) is 17.3 Å². The minimum Gasteiger partial charge on any atom is -0.472 e. The van der Waals surface area contributed by atoms with Crippen molar-refractivity contribution in [1.82, 2.24) is 15.2 Å². The predicted octanol–water partition coefficient (Wildman–Crippen LogP) is 3.11. The maximum atomic E-state index is 6.36. The van der Waals surface area contributed by atoms with Crippen molar-refractivity contribution < 1.29 is 14.2 Å². The molecule has 0 saturated carbocycles. The van der Waals surface area contributed by atoms with Crippen molar-refractivity contribution in [1.29, 1.82) is 0 Å². The first-order chi connectivity index (χ1) is 14.1. The Labute approximate surface area is 174 Å². The second-order valence-corrected chi connectivity index (χ2v) is 8.24. The van der Waals surface area contributed by atoms with Gasteiger partial charge in [0.1, 0.15) is 6.10 Å². The highest BCUT2D eigenvalue weighted by atomic mass is 35.5. The zero-order chi connectivity index (χ0) is 20.0. The van der Waals surface area contributed by atoms with Gasteiger partial charge in [0, 0.05) is 36.4 Å². The van der Waals surface area contributed by atoms with Crippen LogP contribution in [-0.2, 0) is 9.47 Å². The quantitative estimate of drug-likeness (QED) is 0.812. The van der Waals surface area contributed by atoms with Gasteiger partial charge in [-0.15, -0.1) is 10.2 Å². The van der Waals surface area contributed by atoms with Gasteiger partial charge in [-0.3, -0.25) is 0 Å². The van der Waals surface area contributed by atoms with E-state index in [2.05, 4.69) is 32.3 Å². The van der Waals surface area contributed by atoms with Crippen molar-refractivity contribution in [3.05, 3.63) is 34.6 Å². The first-order valence-electron chi connectivity index (χ1n) is 9.99. The third-order valence-electron chi connectivity index (χ3n) is 6.07. The highest BCUT2D eigenvalue weighted by Crippen LogP contribution is 2.44. The van der Waals surface area contributed by atoms with E-state index in [-0.39, 0.29) is 17.9 Å². The van der Waals surface area contributed by atoms with Crippen LogP contribution in [0.4, 0.5) is 11.5 Å². The zero-order valence-electron chi connectivity index (χ0n) is 16.5. The molecular formula is C20H24ClN5O3. The highest BCUT2D eigenvalue weighted by Gasteiger charge is 2.49. The maximum absolute atomic E-state index is 6.36. The molecule has 3 aliphatic heterocycles. The summed E-state index contributed by atoms with van der Waals surface area (Å²) in [5.74, 6) is 1.43. The number of aromatic nitrogens is 3. The first-order valence-corrected chi connectivity index (χ1v) is 10.4. The smallest absolute Gasteiger partial charge is 0.216 e. The lowest BCUT2D eigenvalue weighted by atomic mass is 9.90. The number of hydrogen-bond donors (Lipinski definition) is 1. The van der Waals surface area contributed by atoms with Crippen LogP contribution in [0.5, 0.6) is 5.88 Å². The monoisotopic (exact) mass is 417 g/mol. The van der Waals surface area contributed by atoms with Crippen molar-refractivity contribution in [3.63, 3.8) is 0 Å². The lowest BCUT2D eigenvalue weighted by molar-refractivity contribution is -0.0444. The first kappa shape index (κ1) is 18.8. The van der Waals surface area contributed by atoms with E-state index in [1.807, 2.05) is 19.1 Å². The summed E-state index contributed by atoms with van der Waals surface area (Å²) in [6, 6.07) is 3.91. The van der Waals surface area contributed by atoms with E-state index in [4.69, 9.17) is 25.8 Å². The van der Waals surface area contributed by atoms with Crippen LogP contribution >= 0.6 is 11.6 Å². The van der Waals surface area contributed by atoms with E-state index in [1.165, 1.54) is 0 Å². The van der Waals surface area contributed by atoms with Crippen molar-refractivity contribution in [2.24, 2.45) is 0 Å². The van der Waals surface area contributed by atoms with Gasteiger partial charge in [0.05, 0.1) is 31.0 Å². The summed E-state index contributed by atoms with van der Waals surface area (Å²) in [6.45, 7) is 6.99. The molecule has 2 aromatic heterocycles. The largest absolute Gasteiger partial charge is 0.472 e. The molecule has 1 N–H and O–H groups in total. The van der Waals surface area contributed by atoms with Crippen LogP contribution in [0.3, 0.4) is 0 Å². The molecule has 0 aliphatic carbocycles. The van der Waals surface area contributed by atoms with Crippen LogP contribution in [-0.4, -0.2) is 53.1 Å². The second-order valence-electron chi connectivity index (χ2n) is 7.85. The van der Waals surface area contributed by atoms with Crippen LogP contribution in [0.15, 0.2) is 18.3 Å². The molecule has 154 valence electrons. The van der Waals surface area contributed by atoms with Crippen LogP contribution in [0.25, 0.3) is 0 Å². The fourth-order valence-corrected chi connectivity index (χ4v) is 4.68. The summed E-state index contributed by atoms with van der Waals surface area (Å²) in [4.78, 5) is 6.92. The molecule has 2 fully saturated rings. The molecule has 5 rings (SSSR count). The Hall–Kier alpha value is -2.16. The molecule has 0 aromatic carbocycles. The van der Waals surface area contributed by atoms with E-state index in [0.29, 0.717) is 24.2 Å². The molecule has 0 amide bonds. The number of anilines is 2. The van der Waals surface area contributed by atoms with Gasteiger partial charge >= 0.3 is 0 Å². The van der Waals surface area contributed by atoms with Gasteiger partial charge in [0.25, 0.3) is 0 Å². The van der Waals surface area contributed by atoms with E-state index in [1.54, 1.807) is 6.20 Å². The van der Waals surface area contributed by atoms with Gasteiger partial charge in [-0.25, -0.2) is 4.98 Å². The SMILES string of the molecule is CC[C@]12CNc3nnc(Cl)cc3N1C[C@H](Oc1ncc(C3OCCO3)cc1C)C2. The summed E-state index contributed by atoms with van der Waals surface area (Å²) in [5.41, 5.74) is 2.85. The summed E-state index contributed by atoms with van der Waals surface area (Å²) in [7, 11) is 0. The van der Waals surface area contributed by atoms with E-state index in [0.717, 1.165) is 48.6 Å². The van der Waals surface area contributed by atoms with Gasteiger partial charge in [0.2, 0.25) is 5.88 Å². The number of hydrogen-bond acceptors (Lipinski definition) is 8. The van der Waals surface area contributed by atoms with Gasteiger partial charge < -0.3 is 24.4 Å². The van der Waals surface area contributed by atoms with Crippen LogP contribution in [0.1, 0.15) is 37.2 Å². The number of rotatable bonds is 4. The number of fused-ring (bicyclic) bond motifs is 3. The normalized spacial score (nSPS) is 26.2. The average molecular weight is 418 g/mol. The number of halogens is 1. The molecule has 8 nitrogen and oxygen atoms in total. The maximum Gasteiger partial charge on any atom is 0.216 e. The van der Waals surface area contributed by atoms with Gasteiger partial charge in [-0.1, -0.05) is 18.5 Å². The molecule has 0 unspecified atom stereocenters. The number of pyridine rings is 1. The molecular weight excluding hydrogens is 394 g/mol. The Morgan fingerprint density at radius 3 is 2.90 bits per heavy atom. The Morgan fingerprint density at radius 1 is 1.31 bits per heavy atom. The number of nitrogens with zero attached hydrogens (tertiary/aromatic N) is 4. The molecule has 5 heterocycles. The second kappa shape index (κ2) is 7.27. The summed E-state index contributed by atoms with van der Waals surface area (Å²) >= 11 is 6.12. The third-order valence-corrected chi connectivity index (χ3v) is 6.25. The Balaban J connectivity index is 1.37. The molecule has 2 saturated heterocycles. The fourth-order valence-electron chi connectivity index (χ4n) is 4.54. The lowest BCUT2D eigenvalue weighted by Gasteiger charge is -2.43. The molecule has 0 bridgehead atoms. The third kappa shape index (κ3) is 3.29. The standard InChI is InChI=1S/C20H24ClN5O3/c1-3-20-8-14(10-26(20)15-7-16(21)24-25-17(15)23-11-20)29-18-12(2)6-13(9-22-18)19-27-4-5-28-19/h6-7,9,14,19H,3-5,8,10-11H2,1-2H3,(H,23,25)/t14-,20+/m1/s1. The Morgan fingerprint density at radius 2 is 2.14 bits per heavy atom. The molecule has 2 aromatic rings. The fraction of sp³-hybridized carbons (Fsp3) is 0.550. The number of ether oxygens (including phenoxy) is 3. The summed E-state index contributed by atoms with van der Waals surface area (Å²) in [6.07, 6.45) is 3.36. The van der Waals surface area contributed by atoms with E-state index in [9.17, 15) is 0 Å². The van der Waals surface area contributed by atoms with E-state index >= 15 is 0 Å². The minimum atomic E-state index is -0.326. The number of nitrogens with one attached hydrogen (secondary N) is 1. The van der Waals surface area contributed by atoms with Crippen molar-refractivity contribution in [2.75, 3.05) is 36.5 Å². The van der Waals surface area contributed by atoms with Gasteiger partial charge in [-0.2, -0.15) is 0 Å². The lowest BCUT2D eigenvalue weighted by Crippen LogP contribution is -2.52. The topological polar surface area (TPSA) is 81.6 Å². The zero-order valence-corrected chi connectivity index (χ0v) is 17.3. The van der Waals surface area contributed by atoms with Crippen molar-refractivity contribution in [3.8, 4) is 5.88 Å². The minimum absolute atomic E-state index is 0.0191. The van der Waals surface area contributed by atoms with Gasteiger partial charge in [-0.05, 0) is 19.4 Å². The van der Waals surface area contributed by atoms with Crippen LogP contribution < -0.4 is 15.0 Å². The Kier molecular flexibility index (Phi) is 4.72. The average Bonchev–Trinajstić information content (AvgIpc) is 3.38. The van der Waals surface area contributed by atoms with E-state index < -0.39 is 0 Å². The summed E-state index contributed by atoms with van der Waals surface area (Å²) in [5, 5.41) is 12.0. The molecule has 9 heteroatoms.